The second kappa shape index (κ2) is 17.3. The lowest BCUT2D eigenvalue weighted by atomic mass is 10.0. The van der Waals surface area contributed by atoms with Crippen molar-refractivity contribution >= 4 is 35.5 Å². The van der Waals surface area contributed by atoms with E-state index in [2.05, 4.69) is 27.0 Å². The summed E-state index contributed by atoms with van der Waals surface area (Å²) in [5.41, 5.74) is 1.96. The molecule has 2 aromatic heterocycles. The molecule has 60 heavy (non-hydrogen) atoms. The maximum atomic E-state index is 14.2. The third kappa shape index (κ3) is 10.0. The van der Waals surface area contributed by atoms with Gasteiger partial charge in [0.05, 0.1) is 28.8 Å². The number of likely N-dealkylation sites (N-methyl/N-ethyl adjacent to an activating group) is 1. The predicted molar refractivity (Wildman–Crippen MR) is 220 cm³/mol. The molecule has 0 spiro atoms. The fourth-order valence-corrected chi connectivity index (χ4v) is 7.24. The van der Waals surface area contributed by atoms with Crippen LogP contribution in [-0.2, 0) is 46.9 Å². The highest BCUT2D eigenvalue weighted by Crippen LogP contribution is 2.35. The highest BCUT2D eigenvalue weighted by molar-refractivity contribution is 6.05. The van der Waals surface area contributed by atoms with Crippen LogP contribution >= 0.6 is 0 Å². The van der Waals surface area contributed by atoms with Gasteiger partial charge in [0.15, 0.2) is 0 Å². The summed E-state index contributed by atoms with van der Waals surface area (Å²) in [5.74, 6) is 4.99. The summed E-state index contributed by atoms with van der Waals surface area (Å²) in [5, 5.41) is 2.62. The van der Waals surface area contributed by atoms with E-state index in [1.165, 1.54) is 37.2 Å². The van der Waals surface area contributed by atoms with Gasteiger partial charge in [-0.3, -0.25) is 24.2 Å². The molecule has 2 aliphatic heterocycles. The molecule has 2 aromatic carbocycles. The van der Waals surface area contributed by atoms with Gasteiger partial charge in [-0.2, -0.15) is 13.2 Å². The van der Waals surface area contributed by atoms with Gasteiger partial charge in [0.25, 0.3) is 5.91 Å². The average molecular weight is 827 g/mol. The monoisotopic (exact) mass is 826 g/mol. The summed E-state index contributed by atoms with van der Waals surface area (Å²) in [6.45, 7) is 8.22. The van der Waals surface area contributed by atoms with Crippen molar-refractivity contribution < 1.29 is 37.1 Å². The molecule has 0 saturated carbocycles. The topological polar surface area (TPSA) is 133 Å². The molecule has 4 aromatic rings. The van der Waals surface area contributed by atoms with Crippen LogP contribution in [0.3, 0.4) is 0 Å². The maximum absolute atomic E-state index is 14.2. The Morgan fingerprint density at radius 3 is 2.43 bits per heavy atom. The summed E-state index contributed by atoms with van der Waals surface area (Å²) in [4.78, 5) is 67.4. The highest BCUT2D eigenvalue weighted by Gasteiger charge is 2.37. The van der Waals surface area contributed by atoms with E-state index in [-0.39, 0.29) is 48.7 Å². The number of alkyl halides is 3. The van der Waals surface area contributed by atoms with E-state index in [9.17, 15) is 32.3 Å². The average Bonchev–Trinajstić information content (AvgIpc) is 3.78. The van der Waals surface area contributed by atoms with Crippen molar-refractivity contribution in [3.05, 3.63) is 93.8 Å². The quantitative estimate of drug-likeness (QED) is 0.208. The molecule has 4 heterocycles. The number of fused-ring (bicyclic) bond motifs is 1. The van der Waals surface area contributed by atoms with Crippen molar-refractivity contribution in [2.75, 3.05) is 51.0 Å². The number of aromatic nitrogens is 3. The van der Waals surface area contributed by atoms with Crippen LogP contribution in [0.2, 0.25) is 0 Å². The Morgan fingerprint density at radius 1 is 1.02 bits per heavy atom. The zero-order valence-corrected chi connectivity index (χ0v) is 35.0. The minimum Gasteiger partial charge on any atom is -0.443 e. The fraction of sp³-hybridized carbons (Fsp3) is 0.409. The largest absolute Gasteiger partial charge is 0.443 e. The van der Waals surface area contributed by atoms with Crippen LogP contribution in [0.1, 0.15) is 78.0 Å². The van der Waals surface area contributed by atoms with Crippen LogP contribution in [0, 0.1) is 11.8 Å². The Bertz CT molecular complexity index is 2390. The Labute approximate surface area is 347 Å². The molecule has 2 aliphatic rings. The summed E-state index contributed by atoms with van der Waals surface area (Å²) >= 11 is 0. The number of rotatable bonds is 8. The van der Waals surface area contributed by atoms with Crippen molar-refractivity contribution in [1.29, 1.82) is 0 Å². The second-order valence-electron chi connectivity index (χ2n) is 16.3. The van der Waals surface area contributed by atoms with E-state index in [4.69, 9.17) is 9.72 Å². The number of likely N-dealkylation sites (tertiary alicyclic amines) is 1. The SMILES string of the molecule is CC(=O)N(C)c1ncc(C#Cc2cccc(CC(=O)Nc3ccc(CN4CCC(N(C)C)C4)c(C(F)(F)F)c3)c2)c(-c2cc3c(n2C)CCN(C(=O)OC(C)(C)C)C3=O)n1. The molecule has 1 saturated heterocycles. The molecule has 0 bridgehead atoms. The first-order valence-electron chi connectivity index (χ1n) is 19.5. The van der Waals surface area contributed by atoms with Gasteiger partial charge in [-0.1, -0.05) is 30.0 Å². The molecule has 0 radical (unpaired) electrons. The maximum Gasteiger partial charge on any atom is 0.417 e. The number of amides is 4. The number of nitrogens with zero attached hydrogens (tertiary/aromatic N) is 7. The molecule has 1 N–H and O–H groups in total. The number of carbonyl (C=O) groups excluding carboxylic acids is 4. The van der Waals surface area contributed by atoms with Gasteiger partial charge < -0.3 is 19.5 Å². The molecule has 13 nitrogen and oxygen atoms in total. The molecule has 16 heteroatoms. The van der Waals surface area contributed by atoms with Crippen LogP contribution < -0.4 is 10.2 Å². The van der Waals surface area contributed by atoms with Crippen molar-refractivity contribution in [2.24, 2.45) is 7.05 Å². The highest BCUT2D eigenvalue weighted by atomic mass is 19.4. The second-order valence-corrected chi connectivity index (χ2v) is 16.3. The first-order valence-corrected chi connectivity index (χ1v) is 19.5. The number of nitrogens with one attached hydrogen (secondary N) is 1. The van der Waals surface area contributed by atoms with Crippen LogP contribution in [0.5, 0.6) is 0 Å². The Balaban J connectivity index is 1.22. The molecule has 0 aliphatic carbocycles. The third-order valence-corrected chi connectivity index (χ3v) is 10.5. The minimum atomic E-state index is -4.60. The number of carbonyl (C=O) groups is 4. The molecule has 1 unspecified atom stereocenters. The molecule has 4 amide bonds. The molecular weight excluding hydrogens is 778 g/mol. The smallest absolute Gasteiger partial charge is 0.417 e. The number of imide groups is 1. The van der Waals surface area contributed by atoms with Gasteiger partial charge in [0.2, 0.25) is 17.8 Å². The van der Waals surface area contributed by atoms with Gasteiger partial charge in [0.1, 0.15) is 11.3 Å². The minimum absolute atomic E-state index is 0.0487. The molecule has 1 atom stereocenters. The van der Waals surface area contributed by atoms with E-state index >= 15 is 0 Å². The zero-order chi connectivity index (χ0) is 43.7. The predicted octanol–water partition coefficient (Wildman–Crippen LogP) is 6.13. The fourth-order valence-electron chi connectivity index (χ4n) is 7.24. The van der Waals surface area contributed by atoms with Gasteiger partial charge >= 0.3 is 12.3 Å². The third-order valence-electron chi connectivity index (χ3n) is 10.5. The molecule has 316 valence electrons. The summed E-state index contributed by atoms with van der Waals surface area (Å²) in [6.07, 6.45) is -2.73. The Morgan fingerprint density at radius 2 is 1.77 bits per heavy atom. The van der Waals surface area contributed by atoms with E-state index < -0.39 is 35.2 Å². The molecular formula is C44H49F3N8O5. The number of benzene rings is 2. The number of ether oxygens (including phenoxy) is 1. The van der Waals surface area contributed by atoms with Crippen molar-refractivity contribution in [1.82, 2.24) is 29.2 Å². The number of hydrogen-bond donors (Lipinski definition) is 1. The van der Waals surface area contributed by atoms with Crippen molar-refractivity contribution in [3.63, 3.8) is 0 Å². The standard InChI is InChI=1S/C44H49F3N8O5/c1-27(56)52(7)41-48-24-30(39(50-41)37-23-34-36(53(37)8)17-19-55(40(34)58)42(59)60-43(2,3)4)13-12-28-10-9-11-29(20-28)21-38(57)49-32-15-14-31(35(22-32)44(45,46)47)25-54-18-16-33(26-54)51(5)6/h9-11,14-15,20,22-24,33H,16-19,21,25-26H2,1-8H3,(H,49,57). The lowest BCUT2D eigenvalue weighted by Gasteiger charge is -2.28. The van der Waals surface area contributed by atoms with Gasteiger partial charge in [-0.15, -0.1) is 0 Å². The van der Waals surface area contributed by atoms with E-state index in [0.29, 0.717) is 58.8 Å². The number of anilines is 2. The lowest BCUT2D eigenvalue weighted by Crippen LogP contribution is -2.44. The summed E-state index contributed by atoms with van der Waals surface area (Å²) in [6, 6.07) is 12.7. The molecule has 1 fully saturated rings. The Kier molecular flexibility index (Phi) is 12.5. The van der Waals surface area contributed by atoms with Crippen LogP contribution in [0.4, 0.5) is 29.6 Å². The first-order chi connectivity index (χ1) is 28.2. The number of hydrogen-bond acceptors (Lipinski definition) is 9. The van der Waals surface area contributed by atoms with E-state index in [1.54, 1.807) is 58.2 Å². The molecule has 6 rings (SSSR count). The number of halogens is 3. The van der Waals surface area contributed by atoms with Crippen LogP contribution in [0.25, 0.3) is 11.4 Å². The van der Waals surface area contributed by atoms with Crippen LogP contribution in [0.15, 0.2) is 54.7 Å². The van der Waals surface area contributed by atoms with Gasteiger partial charge in [-0.25, -0.2) is 19.7 Å². The normalized spacial score (nSPS) is 15.7. The van der Waals surface area contributed by atoms with Gasteiger partial charge in [0, 0.05) is 82.8 Å². The van der Waals surface area contributed by atoms with E-state index in [0.717, 1.165) is 17.4 Å². The van der Waals surface area contributed by atoms with Crippen LogP contribution in [-0.4, -0.2) is 105 Å². The zero-order valence-electron chi connectivity index (χ0n) is 35.0. The van der Waals surface area contributed by atoms with Crippen molar-refractivity contribution in [2.45, 2.75) is 71.3 Å². The van der Waals surface area contributed by atoms with Gasteiger partial charge in [-0.05, 0) is 82.7 Å². The van der Waals surface area contributed by atoms with E-state index in [1.807, 2.05) is 23.6 Å². The van der Waals surface area contributed by atoms with Crippen molar-refractivity contribution in [3.8, 4) is 23.2 Å². The first kappa shape index (κ1) is 43.5. The Hall–Kier alpha value is -6.05. The summed E-state index contributed by atoms with van der Waals surface area (Å²) in [7, 11) is 7.24. The summed E-state index contributed by atoms with van der Waals surface area (Å²) < 4.78 is 49.9. The lowest BCUT2D eigenvalue weighted by molar-refractivity contribution is -0.138.